The Bertz CT molecular complexity index is 921. The lowest BCUT2D eigenvalue weighted by Crippen LogP contribution is -2.06. The van der Waals surface area contributed by atoms with Gasteiger partial charge >= 0.3 is 0 Å². The fourth-order valence-corrected chi connectivity index (χ4v) is 2.72. The van der Waals surface area contributed by atoms with Crippen LogP contribution in [0.1, 0.15) is 11.3 Å². The van der Waals surface area contributed by atoms with Crippen molar-refractivity contribution in [1.82, 2.24) is 15.0 Å². The smallest absolute Gasteiger partial charge is 0.229 e. The quantitative estimate of drug-likeness (QED) is 0.630. The maximum absolute atomic E-state index is 6.15. The number of methoxy groups -OCH3 is 2. The van der Waals surface area contributed by atoms with Crippen LogP contribution in [0, 0.1) is 6.92 Å². The molecule has 3 aromatic rings. The van der Waals surface area contributed by atoms with Crippen LogP contribution in [0.25, 0.3) is 0 Å². The summed E-state index contributed by atoms with van der Waals surface area (Å²) in [5, 5.41) is 6.92. The summed E-state index contributed by atoms with van der Waals surface area (Å²) in [4.78, 5) is 13.0. The minimum atomic E-state index is 0.440. The Labute approximate surface area is 162 Å². The number of anilines is 3. The molecule has 3 rings (SSSR count). The number of ether oxygens (including phenoxy) is 2. The number of aryl methyl sites for hydroxylation is 1. The Morgan fingerprint density at radius 3 is 2.44 bits per heavy atom. The first kappa shape index (κ1) is 18.7. The third kappa shape index (κ3) is 4.77. The fourth-order valence-electron chi connectivity index (χ4n) is 2.49. The lowest BCUT2D eigenvalue weighted by Gasteiger charge is -2.14. The molecule has 2 N–H and O–H groups in total. The van der Waals surface area contributed by atoms with Gasteiger partial charge in [-0.1, -0.05) is 11.6 Å². The molecular formula is C19H20ClN5O2. The molecule has 0 fully saturated rings. The molecule has 0 radical (unpaired) electrons. The van der Waals surface area contributed by atoms with Crippen molar-refractivity contribution < 1.29 is 9.47 Å². The Morgan fingerprint density at radius 1 is 1.00 bits per heavy atom. The number of nitrogens with zero attached hydrogens (tertiary/aromatic N) is 3. The summed E-state index contributed by atoms with van der Waals surface area (Å²) in [5.41, 5.74) is 2.59. The SMILES string of the molecule is COc1cc(Nc2nc(C)cc(NCc3ccncc3)n2)c(OC)cc1Cl. The van der Waals surface area contributed by atoms with Crippen LogP contribution >= 0.6 is 11.6 Å². The van der Waals surface area contributed by atoms with Crippen molar-refractivity contribution in [2.45, 2.75) is 13.5 Å². The van der Waals surface area contributed by atoms with Gasteiger partial charge in [-0.05, 0) is 24.6 Å². The summed E-state index contributed by atoms with van der Waals surface area (Å²) < 4.78 is 10.7. The van der Waals surface area contributed by atoms with Gasteiger partial charge in [0.05, 0.1) is 24.9 Å². The maximum Gasteiger partial charge on any atom is 0.229 e. The third-order valence-corrected chi connectivity index (χ3v) is 4.09. The highest BCUT2D eigenvalue weighted by Crippen LogP contribution is 2.37. The average Bonchev–Trinajstić information content (AvgIpc) is 2.68. The van der Waals surface area contributed by atoms with Crippen molar-refractivity contribution in [3.63, 3.8) is 0 Å². The van der Waals surface area contributed by atoms with Crippen LogP contribution in [0.2, 0.25) is 5.02 Å². The first-order chi connectivity index (χ1) is 13.1. The summed E-state index contributed by atoms with van der Waals surface area (Å²) in [7, 11) is 3.13. The van der Waals surface area contributed by atoms with Crippen LogP contribution in [-0.4, -0.2) is 29.2 Å². The van der Waals surface area contributed by atoms with Crippen LogP contribution in [0.15, 0.2) is 42.7 Å². The number of benzene rings is 1. The molecule has 140 valence electrons. The van der Waals surface area contributed by atoms with Crippen LogP contribution < -0.4 is 20.1 Å². The van der Waals surface area contributed by atoms with Crippen LogP contribution in [0.3, 0.4) is 0 Å². The minimum Gasteiger partial charge on any atom is -0.495 e. The fraction of sp³-hybridized carbons (Fsp3) is 0.211. The van der Waals surface area contributed by atoms with Gasteiger partial charge in [-0.25, -0.2) is 4.98 Å². The number of pyridine rings is 1. The largest absolute Gasteiger partial charge is 0.495 e. The van der Waals surface area contributed by atoms with E-state index in [2.05, 4.69) is 25.6 Å². The van der Waals surface area contributed by atoms with Crippen molar-refractivity contribution in [3.8, 4) is 11.5 Å². The number of hydrogen-bond donors (Lipinski definition) is 2. The second-order valence-corrected chi connectivity index (χ2v) is 6.15. The summed E-state index contributed by atoms with van der Waals surface area (Å²) >= 11 is 6.15. The summed E-state index contributed by atoms with van der Waals surface area (Å²) in [6.07, 6.45) is 3.52. The second-order valence-electron chi connectivity index (χ2n) is 5.74. The van der Waals surface area contributed by atoms with Gasteiger partial charge in [-0.15, -0.1) is 0 Å². The molecule has 0 unspecified atom stereocenters. The van der Waals surface area contributed by atoms with E-state index in [-0.39, 0.29) is 0 Å². The standard InChI is InChI=1S/C19H20ClN5O2/c1-12-8-18(22-11-13-4-6-21-7-5-13)25-19(23-12)24-15-10-16(26-2)14(20)9-17(15)27-3/h4-10H,11H2,1-3H3,(H2,22,23,24,25). The van der Waals surface area contributed by atoms with Crippen molar-refractivity contribution in [1.29, 1.82) is 0 Å². The molecule has 0 atom stereocenters. The topological polar surface area (TPSA) is 81.2 Å². The molecule has 8 heteroatoms. The average molecular weight is 386 g/mol. The monoisotopic (exact) mass is 385 g/mol. The van der Waals surface area contributed by atoms with E-state index in [4.69, 9.17) is 21.1 Å². The zero-order valence-electron chi connectivity index (χ0n) is 15.3. The number of halogens is 1. The second kappa shape index (κ2) is 8.55. The Hall–Kier alpha value is -3.06. The highest BCUT2D eigenvalue weighted by Gasteiger charge is 2.12. The molecule has 2 heterocycles. The highest BCUT2D eigenvalue weighted by molar-refractivity contribution is 6.32. The molecule has 7 nitrogen and oxygen atoms in total. The minimum absolute atomic E-state index is 0.440. The summed E-state index contributed by atoms with van der Waals surface area (Å²) in [5.74, 6) is 2.25. The van der Waals surface area contributed by atoms with Gasteiger partial charge in [0.2, 0.25) is 5.95 Å². The van der Waals surface area contributed by atoms with E-state index in [1.165, 1.54) is 0 Å². The molecular weight excluding hydrogens is 366 g/mol. The molecule has 2 aromatic heterocycles. The highest BCUT2D eigenvalue weighted by atomic mass is 35.5. The molecule has 0 saturated heterocycles. The maximum atomic E-state index is 6.15. The van der Waals surface area contributed by atoms with Gasteiger partial charge in [0.25, 0.3) is 0 Å². The lowest BCUT2D eigenvalue weighted by molar-refractivity contribution is 0.405. The van der Waals surface area contributed by atoms with Gasteiger partial charge in [0.1, 0.15) is 17.3 Å². The number of aromatic nitrogens is 3. The normalized spacial score (nSPS) is 10.4. The Morgan fingerprint density at radius 2 is 1.74 bits per heavy atom. The molecule has 0 amide bonds. The summed E-state index contributed by atoms with van der Waals surface area (Å²) in [6.45, 7) is 2.54. The molecule has 27 heavy (non-hydrogen) atoms. The number of rotatable bonds is 7. The van der Waals surface area contributed by atoms with E-state index < -0.39 is 0 Å². The van der Waals surface area contributed by atoms with Crippen LogP contribution in [-0.2, 0) is 6.54 Å². The molecule has 0 spiro atoms. The third-order valence-electron chi connectivity index (χ3n) is 3.80. The van der Waals surface area contributed by atoms with Crippen molar-refractivity contribution in [2.24, 2.45) is 0 Å². The molecule has 0 bridgehead atoms. The lowest BCUT2D eigenvalue weighted by atomic mass is 10.2. The van der Waals surface area contributed by atoms with Gasteiger partial charge in [0.15, 0.2) is 0 Å². The van der Waals surface area contributed by atoms with E-state index in [0.717, 1.165) is 11.3 Å². The van der Waals surface area contributed by atoms with Crippen molar-refractivity contribution >= 4 is 29.1 Å². The van der Waals surface area contributed by atoms with Crippen molar-refractivity contribution in [2.75, 3.05) is 24.9 Å². The van der Waals surface area contributed by atoms with E-state index in [1.807, 2.05) is 25.1 Å². The Balaban J connectivity index is 1.82. The molecule has 0 saturated carbocycles. The number of hydrogen-bond acceptors (Lipinski definition) is 7. The molecule has 0 aliphatic carbocycles. The first-order valence-corrected chi connectivity index (χ1v) is 8.64. The van der Waals surface area contributed by atoms with Gasteiger partial charge < -0.3 is 20.1 Å². The van der Waals surface area contributed by atoms with Gasteiger partial charge in [-0.3, -0.25) is 4.98 Å². The van der Waals surface area contributed by atoms with E-state index in [0.29, 0.717) is 40.5 Å². The molecule has 0 aliphatic rings. The van der Waals surface area contributed by atoms with E-state index in [9.17, 15) is 0 Å². The zero-order chi connectivity index (χ0) is 19.2. The predicted molar refractivity (Wildman–Crippen MR) is 106 cm³/mol. The van der Waals surface area contributed by atoms with E-state index in [1.54, 1.807) is 38.7 Å². The van der Waals surface area contributed by atoms with Gasteiger partial charge in [0, 0.05) is 42.8 Å². The molecule has 0 aliphatic heterocycles. The van der Waals surface area contributed by atoms with E-state index >= 15 is 0 Å². The van der Waals surface area contributed by atoms with Crippen molar-refractivity contribution in [3.05, 3.63) is 59.0 Å². The number of nitrogens with one attached hydrogen (secondary N) is 2. The van der Waals surface area contributed by atoms with Gasteiger partial charge in [-0.2, -0.15) is 4.98 Å². The first-order valence-electron chi connectivity index (χ1n) is 8.26. The molecule has 1 aromatic carbocycles. The zero-order valence-corrected chi connectivity index (χ0v) is 16.0. The predicted octanol–water partition coefficient (Wildman–Crippen LogP) is 4.21. The Kier molecular flexibility index (Phi) is 5.93. The van der Waals surface area contributed by atoms with Crippen LogP contribution in [0.5, 0.6) is 11.5 Å². The summed E-state index contributed by atoms with van der Waals surface area (Å²) in [6, 6.07) is 9.21. The van der Waals surface area contributed by atoms with Crippen LogP contribution in [0.4, 0.5) is 17.5 Å².